The summed E-state index contributed by atoms with van der Waals surface area (Å²) in [6.45, 7) is 6.95. The van der Waals surface area contributed by atoms with Crippen molar-refractivity contribution in [2.45, 2.75) is 33.3 Å². The molecule has 0 saturated carbocycles. The first-order valence-electron chi connectivity index (χ1n) is 6.86. The molecule has 0 bridgehead atoms. The summed E-state index contributed by atoms with van der Waals surface area (Å²) in [4.78, 5) is 23.2. The number of carbonyl (C=O) groups is 2. The van der Waals surface area contributed by atoms with E-state index in [0.29, 0.717) is 16.9 Å². The smallest absolute Gasteiger partial charge is 0.349 e. The van der Waals surface area contributed by atoms with Crippen LogP contribution in [0, 0.1) is 6.92 Å². The van der Waals surface area contributed by atoms with Crippen molar-refractivity contribution < 1.29 is 23.8 Å². The number of esters is 2. The van der Waals surface area contributed by atoms with E-state index in [4.69, 9.17) is 9.47 Å². The van der Waals surface area contributed by atoms with Crippen molar-refractivity contribution in [1.82, 2.24) is 0 Å². The van der Waals surface area contributed by atoms with Gasteiger partial charge < -0.3 is 14.2 Å². The van der Waals surface area contributed by atoms with Crippen LogP contribution in [0.3, 0.4) is 0 Å². The topological polar surface area (TPSA) is 61.8 Å². The SMILES string of the molecule is COC(=O)/C=C(/C)c1ccc(C)cc1OC(C)(C)C(=O)OC. The third-order valence-electron chi connectivity index (χ3n) is 3.14. The zero-order valence-corrected chi connectivity index (χ0v) is 13.9. The zero-order chi connectivity index (χ0) is 16.9. The maximum Gasteiger partial charge on any atom is 0.349 e. The van der Waals surface area contributed by atoms with Gasteiger partial charge >= 0.3 is 11.9 Å². The van der Waals surface area contributed by atoms with Gasteiger partial charge in [-0.25, -0.2) is 9.59 Å². The molecule has 0 heterocycles. The van der Waals surface area contributed by atoms with Crippen LogP contribution in [-0.4, -0.2) is 31.8 Å². The van der Waals surface area contributed by atoms with Gasteiger partial charge in [-0.2, -0.15) is 0 Å². The molecule has 0 aliphatic rings. The van der Waals surface area contributed by atoms with E-state index in [0.717, 1.165) is 5.56 Å². The standard InChI is InChI=1S/C17H22O5/c1-11-7-8-13(12(2)10-15(18)20-5)14(9-11)22-17(3,4)16(19)21-6/h7-10H,1-6H3/b12-10-. The average Bonchev–Trinajstić information content (AvgIpc) is 2.45. The van der Waals surface area contributed by atoms with Gasteiger partial charge in [-0.1, -0.05) is 12.1 Å². The van der Waals surface area contributed by atoms with E-state index in [2.05, 4.69) is 4.74 Å². The summed E-state index contributed by atoms with van der Waals surface area (Å²) >= 11 is 0. The summed E-state index contributed by atoms with van der Waals surface area (Å²) < 4.78 is 15.2. The first kappa shape index (κ1) is 17.8. The third kappa shape index (κ3) is 4.35. The summed E-state index contributed by atoms with van der Waals surface area (Å²) in [5.74, 6) is -0.418. The fourth-order valence-electron chi connectivity index (χ4n) is 1.92. The average molecular weight is 306 g/mol. The maximum atomic E-state index is 11.8. The molecule has 0 radical (unpaired) electrons. The number of hydrogen-bond acceptors (Lipinski definition) is 5. The van der Waals surface area contributed by atoms with E-state index >= 15 is 0 Å². The molecule has 1 rings (SSSR count). The van der Waals surface area contributed by atoms with Gasteiger partial charge in [0.15, 0.2) is 5.60 Å². The number of aryl methyl sites for hydroxylation is 1. The predicted octanol–water partition coefficient (Wildman–Crippen LogP) is 2.90. The van der Waals surface area contributed by atoms with E-state index in [9.17, 15) is 9.59 Å². The molecule has 0 N–H and O–H groups in total. The summed E-state index contributed by atoms with van der Waals surface area (Å²) in [5, 5.41) is 0. The Kier molecular flexibility index (Phi) is 5.74. The van der Waals surface area contributed by atoms with Crippen LogP contribution in [0.25, 0.3) is 5.57 Å². The maximum absolute atomic E-state index is 11.8. The first-order valence-corrected chi connectivity index (χ1v) is 6.86. The van der Waals surface area contributed by atoms with Gasteiger partial charge in [-0.3, -0.25) is 0 Å². The number of rotatable bonds is 5. The Morgan fingerprint density at radius 1 is 1.14 bits per heavy atom. The highest BCUT2D eigenvalue weighted by molar-refractivity contribution is 5.91. The molecule has 1 aromatic carbocycles. The Hall–Kier alpha value is -2.30. The molecule has 1 aromatic rings. The van der Waals surface area contributed by atoms with Crippen LogP contribution in [0.15, 0.2) is 24.3 Å². The first-order chi connectivity index (χ1) is 10.2. The molecule has 0 aliphatic heterocycles. The van der Waals surface area contributed by atoms with Gasteiger partial charge in [0.05, 0.1) is 14.2 Å². The van der Waals surface area contributed by atoms with Crippen LogP contribution in [0.4, 0.5) is 0 Å². The highest BCUT2D eigenvalue weighted by Gasteiger charge is 2.32. The van der Waals surface area contributed by atoms with Gasteiger partial charge in [-0.15, -0.1) is 0 Å². The lowest BCUT2D eigenvalue weighted by molar-refractivity contribution is -0.156. The molecule has 5 nitrogen and oxygen atoms in total. The highest BCUT2D eigenvalue weighted by Crippen LogP contribution is 2.30. The van der Waals surface area contributed by atoms with E-state index in [1.54, 1.807) is 20.8 Å². The quantitative estimate of drug-likeness (QED) is 0.618. The number of allylic oxidation sites excluding steroid dienone is 1. The van der Waals surface area contributed by atoms with Crippen LogP contribution >= 0.6 is 0 Å². The molecule has 0 unspecified atom stereocenters. The van der Waals surface area contributed by atoms with Crippen LogP contribution in [0.5, 0.6) is 5.75 Å². The van der Waals surface area contributed by atoms with Gasteiger partial charge in [0, 0.05) is 11.6 Å². The van der Waals surface area contributed by atoms with Gasteiger partial charge in [0.25, 0.3) is 0 Å². The lowest BCUT2D eigenvalue weighted by Crippen LogP contribution is -2.39. The molecule has 0 aliphatic carbocycles. The molecular weight excluding hydrogens is 284 g/mol. The monoisotopic (exact) mass is 306 g/mol. The van der Waals surface area contributed by atoms with E-state index in [1.807, 2.05) is 25.1 Å². The van der Waals surface area contributed by atoms with Crippen molar-refractivity contribution in [2.24, 2.45) is 0 Å². The van der Waals surface area contributed by atoms with Crippen LogP contribution < -0.4 is 4.74 Å². The molecule has 22 heavy (non-hydrogen) atoms. The molecular formula is C17H22O5. The highest BCUT2D eigenvalue weighted by atomic mass is 16.6. The Balaban J connectivity index is 3.25. The van der Waals surface area contributed by atoms with E-state index < -0.39 is 17.5 Å². The van der Waals surface area contributed by atoms with Gasteiger partial charge in [0.1, 0.15) is 5.75 Å². The van der Waals surface area contributed by atoms with Gasteiger partial charge in [0.2, 0.25) is 0 Å². The predicted molar refractivity (Wildman–Crippen MR) is 83.6 cm³/mol. The van der Waals surface area contributed by atoms with Gasteiger partial charge in [-0.05, 0) is 44.9 Å². The molecule has 0 aromatic heterocycles. The zero-order valence-electron chi connectivity index (χ0n) is 13.9. The second kappa shape index (κ2) is 7.11. The van der Waals surface area contributed by atoms with Crippen molar-refractivity contribution in [3.8, 4) is 5.75 Å². The number of carbonyl (C=O) groups excluding carboxylic acids is 2. The molecule has 0 saturated heterocycles. The summed E-state index contributed by atoms with van der Waals surface area (Å²) in [6.07, 6.45) is 1.38. The third-order valence-corrected chi connectivity index (χ3v) is 3.14. The molecule has 120 valence electrons. The Bertz CT molecular complexity index is 599. The fraction of sp³-hybridized carbons (Fsp3) is 0.412. The van der Waals surface area contributed by atoms with Crippen LogP contribution in [-0.2, 0) is 19.1 Å². The Morgan fingerprint density at radius 3 is 2.32 bits per heavy atom. The van der Waals surface area contributed by atoms with Crippen LogP contribution in [0.2, 0.25) is 0 Å². The number of hydrogen-bond donors (Lipinski definition) is 0. The molecule has 0 amide bonds. The van der Waals surface area contributed by atoms with Crippen molar-refractivity contribution in [2.75, 3.05) is 14.2 Å². The molecule has 0 spiro atoms. The Labute approximate surface area is 130 Å². The number of benzene rings is 1. The van der Waals surface area contributed by atoms with Crippen molar-refractivity contribution >= 4 is 17.5 Å². The molecule has 0 fully saturated rings. The lowest BCUT2D eigenvalue weighted by atomic mass is 10.0. The lowest BCUT2D eigenvalue weighted by Gasteiger charge is -2.25. The van der Waals surface area contributed by atoms with Crippen molar-refractivity contribution in [3.63, 3.8) is 0 Å². The van der Waals surface area contributed by atoms with E-state index in [1.165, 1.54) is 20.3 Å². The minimum absolute atomic E-state index is 0.448. The number of ether oxygens (including phenoxy) is 3. The minimum atomic E-state index is -1.14. The summed E-state index contributed by atoms with van der Waals surface area (Å²) in [6, 6.07) is 5.56. The minimum Gasteiger partial charge on any atom is -0.476 e. The second-order valence-electron chi connectivity index (χ2n) is 5.45. The molecule has 5 heteroatoms. The fourth-order valence-corrected chi connectivity index (χ4v) is 1.92. The Morgan fingerprint density at radius 2 is 1.77 bits per heavy atom. The summed E-state index contributed by atoms with van der Waals surface area (Å²) in [5.41, 5.74) is 1.24. The van der Waals surface area contributed by atoms with E-state index in [-0.39, 0.29) is 0 Å². The largest absolute Gasteiger partial charge is 0.476 e. The second-order valence-corrected chi connectivity index (χ2v) is 5.45. The van der Waals surface area contributed by atoms with Crippen molar-refractivity contribution in [1.29, 1.82) is 0 Å². The van der Waals surface area contributed by atoms with Crippen LogP contribution in [0.1, 0.15) is 31.9 Å². The number of methoxy groups -OCH3 is 2. The van der Waals surface area contributed by atoms with Crippen molar-refractivity contribution in [3.05, 3.63) is 35.4 Å². The summed E-state index contributed by atoms with van der Waals surface area (Å²) in [7, 11) is 2.63. The normalized spacial score (nSPS) is 11.8. The molecule has 0 atom stereocenters.